The number of nitrogen functional groups attached to an aromatic ring is 1. The lowest BCUT2D eigenvalue weighted by molar-refractivity contribution is 0.0227. The zero-order chi connectivity index (χ0) is 17.2. The van der Waals surface area contributed by atoms with Crippen molar-refractivity contribution in [3.63, 3.8) is 0 Å². The molecule has 5 rings (SSSR count). The largest absolute Gasteiger partial charge is 0.456 e. The lowest BCUT2D eigenvalue weighted by Gasteiger charge is -2.37. The first-order valence-corrected chi connectivity index (χ1v) is 8.12. The second kappa shape index (κ2) is 4.63. The van der Waals surface area contributed by atoms with Gasteiger partial charge in [-0.3, -0.25) is 0 Å². The van der Waals surface area contributed by atoms with Crippen molar-refractivity contribution in [2.24, 2.45) is 0 Å². The highest BCUT2D eigenvalue weighted by atomic mass is 16.6. The highest BCUT2D eigenvalue weighted by Crippen LogP contribution is 2.57. The Bertz CT molecular complexity index is 1060. The number of aryl methyl sites for hydroxylation is 1. The summed E-state index contributed by atoms with van der Waals surface area (Å²) >= 11 is 0. The van der Waals surface area contributed by atoms with Crippen molar-refractivity contribution in [1.29, 1.82) is 0 Å². The van der Waals surface area contributed by atoms with E-state index in [0.717, 1.165) is 16.7 Å². The predicted octanol–water partition coefficient (Wildman–Crippen LogP) is 4.15. The molecule has 25 heavy (non-hydrogen) atoms. The molecule has 0 amide bonds. The third kappa shape index (κ3) is 1.68. The van der Waals surface area contributed by atoms with E-state index >= 15 is 0 Å². The molecule has 1 spiro atoms. The Balaban J connectivity index is 1.95. The number of anilines is 1. The Kier molecular flexibility index (Phi) is 2.61. The Morgan fingerprint density at radius 1 is 0.920 bits per heavy atom. The van der Waals surface area contributed by atoms with E-state index in [4.69, 9.17) is 15.2 Å². The van der Waals surface area contributed by atoms with Gasteiger partial charge in [0, 0.05) is 16.8 Å². The van der Waals surface area contributed by atoms with Gasteiger partial charge < -0.3 is 15.2 Å². The molecule has 4 heteroatoms. The lowest BCUT2D eigenvalue weighted by Crippen LogP contribution is -2.34. The molecule has 3 aromatic carbocycles. The number of hydrogen-bond donors (Lipinski definition) is 1. The average Bonchev–Trinajstić information content (AvgIpc) is 2.88. The normalized spacial score (nSPS) is 19.6. The van der Waals surface area contributed by atoms with Crippen molar-refractivity contribution in [1.82, 2.24) is 0 Å². The van der Waals surface area contributed by atoms with E-state index in [0.29, 0.717) is 28.3 Å². The third-order valence-electron chi connectivity index (χ3n) is 4.92. The van der Waals surface area contributed by atoms with Crippen molar-refractivity contribution >= 4 is 11.7 Å². The van der Waals surface area contributed by atoms with Crippen LogP contribution in [0, 0.1) is 6.92 Å². The first-order chi connectivity index (χ1) is 12.1. The minimum Gasteiger partial charge on any atom is -0.456 e. The van der Waals surface area contributed by atoms with Crippen LogP contribution in [-0.4, -0.2) is 5.97 Å². The van der Waals surface area contributed by atoms with E-state index in [1.165, 1.54) is 0 Å². The van der Waals surface area contributed by atoms with E-state index in [1.54, 1.807) is 12.1 Å². The molecule has 0 radical (unpaired) electrons. The molecule has 3 aromatic rings. The minimum atomic E-state index is -1.07. The summed E-state index contributed by atoms with van der Waals surface area (Å²) in [5.74, 6) is 0.948. The molecular weight excluding hydrogens is 314 g/mol. The van der Waals surface area contributed by atoms with Crippen LogP contribution in [0.1, 0.15) is 32.6 Å². The number of benzene rings is 3. The first-order valence-electron chi connectivity index (χ1n) is 8.12. The smallest absolute Gasteiger partial charge is 0.340 e. The van der Waals surface area contributed by atoms with Crippen LogP contribution >= 0.6 is 0 Å². The summed E-state index contributed by atoms with van der Waals surface area (Å²) in [4.78, 5) is 12.6. The van der Waals surface area contributed by atoms with Gasteiger partial charge in [-0.15, -0.1) is 0 Å². The van der Waals surface area contributed by atoms with Crippen molar-refractivity contribution in [3.8, 4) is 11.5 Å². The van der Waals surface area contributed by atoms with E-state index in [9.17, 15) is 4.79 Å². The Labute approximate surface area is 144 Å². The number of hydrogen-bond acceptors (Lipinski definition) is 4. The Morgan fingerprint density at radius 3 is 2.64 bits per heavy atom. The van der Waals surface area contributed by atoms with Crippen molar-refractivity contribution in [2.75, 3.05) is 5.73 Å². The summed E-state index contributed by atoms with van der Waals surface area (Å²) < 4.78 is 12.1. The molecule has 0 saturated heterocycles. The molecule has 1 unspecified atom stereocenters. The summed E-state index contributed by atoms with van der Waals surface area (Å²) in [6.45, 7) is 2.00. The third-order valence-corrected chi connectivity index (χ3v) is 4.92. The molecule has 122 valence electrons. The van der Waals surface area contributed by atoms with Crippen LogP contribution in [0.25, 0.3) is 0 Å². The molecular formula is C21H15NO3. The van der Waals surface area contributed by atoms with Crippen LogP contribution in [0.15, 0.2) is 60.7 Å². The molecule has 2 heterocycles. The van der Waals surface area contributed by atoms with Gasteiger partial charge in [-0.1, -0.05) is 36.4 Å². The van der Waals surface area contributed by atoms with Gasteiger partial charge in [0.2, 0.25) is 0 Å². The second-order valence-corrected chi connectivity index (χ2v) is 6.44. The quantitative estimate of drug-likeness (QED) is 0.497. The van der Waals surface area contributed by atoms with E-state index in [-0.39, 0.29) is 5.97 Å². The van der Waals surface area contributed by atoms with Gasteiger partial charge in [0.1, 0.15) is 11.5 Å². The van der Waals surface area contributed by atoms with Crippen molar-refractivity contribution in [2.45, 2.75) is 12.5 Å². The highest BCUT2D eigenvalue weighted by molar-refractivity contribution is 5.97. The van der Waals surface area contributed by atoms with Crippen LogP contribution in [0.3, 0.4) is 0 Å². The molecule has 0 bridgehead atoms. The van der Waals surface area contributed by atoms with E-state index in [1.807, 2.05) is 55.5 Å². The standard InChI is InChI=1S/C21H15NO3/c1-12-9-10-15-18(11-12)24-17-8-4-7-16(22)19(17)21(15)14-6-3-2-5-13(14)20(23)25-21/h2-11H,22H2,1H3. The summed E-state index contributed by atoms with van der Waals surface area (Å²) in [7, 11) is 0. The number of carbonyl (C=O) groups is 1. The molecule has 0 aliphatic carbocycles. The number of esters is 1. The molecule has 1 atom stereocenters. The maximum atomic E-state index is 12.6. The van der Waals surface area contributed by atoms with Gasteiger partial charge in [-0.2, -0.15) is 0 Å². The monoisotopic (exact) mass is 329 g/mol. The summed E-state index contributed by atoms with van der Waals surface area (Å²) in [5, 5.41) is 0. The van der Waals surface area contributed by atoms with Crippen LogP contribution in [0.2, 0.25) is 0 Å². The summed E-state index contributed by atoms with van der Waals surface area (Å²) in [5.41, 5.74) is 9.68. The minimum absolute atomic E-state index is 0.349. The molecule has 2 aliphatic heterocycles. The number of ether oxygens (including phenoxy) is 2. The zero-order valence-electron chi connectivity index (χ0n) is 13.6. The SMILES string of the molecule is Cc1ccc2c(c1)Oc1cccc(N)c1C21OC(=O)c2ccccc21. The van der Waals surface area contributed by atoms with Crippen molar-refractivity contribution < 1.29 is 14.3 Å². The van der Waals surface area contributed by atoms with Crippen molar-refractivity contribution in [3.05, 3.63) is 88.5 Å². The van der Waals surface area contributed by atoms with Crippen LogP contribution < -0.4 is 10.5 Å². The summed E-state index contributed by atoms with van der Waals surface area (Å²) in [6.07, 6.45) is 0. The van der Waals surface area contributed by atoms with Gasteiger partial charge in [0.05, 0.1) is 11.1 Å². The maximum Gasteiger partial charge on any atom is 0.340 e. The average molecular weight is 329 g/mol. The number of carbonyl (C=O) groups excluding carboxylic acids is 1. The van der Waals surface area contributed by atoms with E-state index < -0.39 is 5.60 Å². The van der Waals surface area contributed by atoms with Crippen LogP contribution in [0.4, 0.5) is 5.69 Å². The Hall–Kier alpha value is -3.27. The van der Waals surface area contributed by atoms with Gasteiger partial charge in [0.25, 0.3) is 0 Å². The van der Waals surface area contributed by atoms with Gasteiger partial charge >= 0.3 is 5.97 Å². The van der Waals surface area contributed by atoms with Gasteiger partial charge in [-0.05, 0) is 36.8 Å². The topological polar surface area (TPSA) is 61.6 Å². The number of nitrogens with two attached hydrogens (primary N) is 1. The Morgan fingerprint density at radius 2 is 1.76 bits per heavy atom. The van der Waals surface area contributed by atoms with E-state index in [2.05, 4.69) is 0 Å². The molecule has 2 aliphatic rings. The molecule has 4 nitrogen and oxygen atoms in total. The highest BCUT2D eigenvalue weighted by Gasteiger charge is 2.54. The second-order valence-electron chi connectivity index (χ2n) is 6.44. The first kappa shape index (κ1) is 14.1. The lowest BCUT2D eigenvalue weighted by atomic mass is 9.77. The molecule has 0 fully saturated rings. The molecule has 2 N–H and O–H groups in total. The molecule has 0 saturated carbocycles. The maximum absolute atomic E-state index is 12.6. The fraction of sp³-hybridized carbons (Fsp3) is 0.0952. The number of rotatable bonds is 0. The van der Waals surface area contributed by atoms with Crippen LogP contribution in [0.5, 0.6) is 11.5 Å². The van der Waals surface area contributed by atoms with Gasteiger partial charge in [0.15, 0.2) is 5.60 Å². The molecule has 0 aromatic heterocycles. The number of fused-ring (bicyclic) bond motifs is 6. The van der Waals surface area contributed by atoms with Crippen LogP contribution in [-0.2, 0) is 10.3 Å². The summed E-state index contributed by atoms with van der Waals surface area (Å²) in [6, 6.07) is 18.8. The fourth-order valence-corrected chi connectivity index (χ4v) is 3.87. The zero-order valence-corrected chi connectivity index (χ0v) is 13.6. The predicted molar refractivity (Wildman–Crippen MR) is 93.8 cm³/mol. The fourth-order valence-electron chi connectivity index (χ4n) is 3.87. The van der Waals surface area contributed by atoms with Gasteiger partial charge in [-0.25, -0.2) is 4.79 Å².